The molecule has 2 atom stereocenters. The van der Waals surface area contributed by atoms with Crippen molar-refractivity contribution < 1.29 is 12.8 Å². The van der Waals surface area contributed by atoms with Gasteiger partial charge in [0.2, 0.25) is 5.09 Å². The van der Waals surface area contributed by atoms with E-state index < -0.39 is 10.0 Å². The Morgan fingerprint density at radius 3 is 2.76 bits per heavy atom. The van der Waals surface area contributed by atoms with Crippen LogP contribution >= 0.6 is 0 Å². The smallest absolute Gasteiger partial charge is 0.274 e. The number of nitrogens with one attached hydrogen (secondary N) is 1. The summed E-state index contributed by atoms with van der Waals surface area (Å²) in [7, 11) is -3.53. The van der Waals surface area contributed by atoms with E-state index in [1.165, 1.54) is 6.07 Å². The molecule has 1 aliphatic carbocycles. The molecule has 1 aromatic rings. The van der Waals surface area contributed by atoms with Gasteiger partial charge in [-0.25, -0.2) is 13.1 Å². The van der Waals surface area contributed by atoms with Gasteiger partial charge < -0.3 is 10.2 Å². The third-order valence-electron chi connectivity index (χ3n) is 3.12. The molecule has 0 saturated heterocycles. The van der Waals surface area contributed by atoms with Crippen LogP contribution in [0.25, 0.3) is 0 Å². The van der Waals surface area contributed by atoms with Crippen molar-refractivity contribution in [2.24, 2.45) is 11.7 Å². The molecule has 0 aromatic carbocycles. The summed E-state index contributed by atoms with van der Waals surface area (Å²) in [5.74, 6) is 1.06. The van der Waals surface area contributed by atoms with Crippen molar-refractivity contribution in [2.75, 3.05) is 0 Å². The average molecular weight is 258 g/mol. The molecular formula is C11H18N2O3S. The highest BCUT2D eigenvalue weighted by atomic mass is 32.2. The Balaban J connectivity index is 2.08. The SMILES string of the molecule is CC1CCC(NS(=O)(=O)c2ccc(CN)o2)C1. The number of sulfonamides is 1. The van der Waals surface area contributed by atoms with Crippen LogP contribution in [0.4, 0.5) is 0 Å². The molecule has 17 heavy (non-hydrogen) atoms. The molecule has 0 bridgehead atoms. The average Bonchev–Trinajstić information content (AvgIpc) is 2.86. The summed E-state index contributed by atoms with van der Waals surface area (Å²) >= 11 is 0. The second kappa shape index (κ2) is 4.80. The van der Waals surface area contributed by atoms with Gasteiger partial charge in [0.15, 0.2) is 0 Å². The van der Waals surface area contributed by atoms with Crippen LogP contribution in [-0.2, 0) is 16.6 Å². The molecule has 5 nitrogen and oxygen atoms in total. The maximum absolute atomic E-state index is 12.0. The molecule has 0 amide bonds. The van der Waals surface area contributed by atoms with Crippen molar-refractivity contribution in [1.29, 1.82) is 0 Å². The van der Waals surface area contributed by atoms with Crippen molar-refractivity contribution >= 4 is 10.0 Å². The molecule has 96 valence electrons. The molecule has 2 rings (SSSR count). The van der Waals surface area contributed by atoms with Gasteiger partial charge >= 0.3 is 0 Å². The first kappa shape index (κ1) is 12.6. The lowest BCUT2D eigenvalue weighted by molar-refractivity contribution is 0.409. The van der Waals surface area contributed by atoms with E-state index in [-0.39, 0.29) is 17.7 Å². The van der Waals surface area contributed by atoms with Crippen molar-refractivity contribution in [1.82, 2.24) is 4.72 Å². The third-order valence-corrected chi connectivity index (χ3v) is 4.51. The fraction of sp³-hybridized carbons (Fsp3) is 0.636. The fourth-order valence-corrected chi connectivity index (χ4v) is 3.44. The first-order valence-corrected chi connectivity index (χ1v) is 7.30. The predicted octanol–water partition coefficient (Wildman–Crippen LogP) is 1.21. The van der Waals surface area contributed by atoms with Gasteiger partial charge in [-0.1, -0.05) is 6.92 Å². The molecule has 6 heteroatoms. The van der Waals surface area contributed by atoms with Gasteiger partial charge in [-0.05, 0) is 37.3 Å². The fourth-order valence-electron chi connectivity index (χ4n) is 2.20. The van der Waals surface area contributed by atoms with Crippen molar-refractivity contribution in [3.63, 3.8) is 0 Å². The Hall–Kier alpha value is -0.850. The van der Waals surface area contributed by atoms with E-state index in [2.05, 4.69) is 11.6 Å². The minimum atomic E-state index is -3.53. The zero-order valence-corrected chi connectivity index (χ0v) is 10.7. The first-order valence-electron chi connectivity index (χ1n) is 5.82. The summed E-state index contributed by atoms with van der Waals surface area (Å²) in [6.45, 7) is 2.34. The van der Waals surface area contributed by atoms with Crippen LogP contribution in [-0.4, -0.2) is 14.5 Å². The highest BCUT2D eigenvalue weighted by molar-refractivity contribution is 7.89. The van der Waals surface area contributed by atoms with Crippen LogP contribution in [0, 0.1) is 5.92 Å². The van der Waals surface area contributed by atoms with E-state index in [4.69, 9.17) is 10.2 Å². The molecule has 1 fully saturated rings. The van der Waals surface area contributed by atoms with Gasteiger partial charge in [0, 0.05) is 6.04 Å². The Labute approximate surface area is 101 Å². The Kier molecular flexibility index (Phi) is 3.56. The number of rotatable bonds is 4. The second-order valence-corrected chi connectivity index (χ2v) is 6.31. The van der Waals surface area contributed by atoms with Crippen molar-refractivity contribution in [3.05, 3.63) is 17.9 Å². The molecule has 1 aliphatic rings. The monoisotopic (exact) mass is 258 g/mol. The van der Waals surface area contributed by atoms with Gasteiger partial charge in [0.25, 0.3) is 10.0 Å². The van der Waals surface area contributed by atoms with Gasteiger partial charge in [-0.2, -0.15) is 0 Å². The summed E-state index contributed by atoms with van der Waals surface area (Å²) in [5.41, 5.74) is 5.38. The maximum atomic E-state index is 12.0. The standard InChI is InChI=1S/C11H18N2O3S/c1-8-2-3-9(6-8)13-17(14,15)11-5-4-10(7-12)16-11/h4-5,8-9,13H,2-3,6-7,12H2,1H3. The van der Waals surface area contributed by atoms with Gasteiger partial charge in [-0.3, -0.25) is 0 Å². The lowest BCUT2D eigenvalue weighted by Gasteiger charge is -2.11. The molecule has 2 unspecified atom stereocenters. The zero-order valence-electron chi connectivity index (χ0n) is 9.85. The molecule has 0 aliphatic heterocycles. The lowest BCUT2D eigenvalue weighted by Crippen LogP contribution is -2.32. The second-order valence-electron chi connectivity index (χ2n) is 4.66. The molecular weight excluding hydrogens is 240 g/mol. The lowest BCUT2D eigenvalue weighted by atomic mass is 10.1. The number of hydrogen-bond donors (Lipinski definition) is 2. The molecule has 0 spiro atoms. The van der Waals surface area contributed by atoms with E-state index in [9.17, 15) is 8.42 Å². The molecule has 1 aromatic heterocycles. The van der Waals surface area contributed by atoms with Gasteiger partial charge in [-0.15, -0.1) is 0 Å². The molecule has 1 saturated carbocycles. The minimum Gasteiger partial charge on any atom is -0.447 e. The predicted molar refractivity (Wildman–Crippen MR) is 63.7 cm³/mol. The Morgan fingerprint density at radius 1 is 1.47 bits per heavy atom. The number of furan rings is 1. The molecule has 3 N–H and O–H groups in total. The Bertz CT molecular complexity index is 481. The van der Waals surface area contributed by atoms with Gasteiger partial charge in [0.1, 0.15) is 5.76 Å². The largest absolute Gasteiger partial charge is 0.447 e. The summed E-state index contributed by atoms with van der Waals surface area (Å²) in [4.78, 5) is 0. The molecule has 0 radical (unpaired) electrons. The summed E-state index contributed by atoms with van der Waals surface area (Å²) in [6.07, 6.45) is 2.86. The van der Waals surface area contributed by atoms with Crippen LogP contribution in [0.1, 0.15) is 31.9 Å². The highest BCUT2D eigenvalue weighted by Crippen LogP contribution is 2.26. The van der Waals surface area contributed by atoms with Crippen LogP contribution < -0.4 is 10.5 Å². The van der Waals surface area contributed by atoms with E-state index in [1.54, 1.807) is 6.07 Å². The minimum absolute atomic E-state index is 0.0291. The molecule has 1 heterocycles. The number of hydrogen-bond acceptors (Lipinski definition) is 4. The maximum Gasteiger partial charge on any atom is 0.274 e. The van der Waals surface area contributed by atoms with Crippen molar-refractivity contribution in [2.45, 2.75) is 43.9 Å². The van der Waals surface area contributed by atoms with Crippen LogP contribution in [0.5, 0.6) is 0 Å². The normalized spacial score (nSPS) is 25.3. The van der Waals surface area contributed by atoms with Crippen molar-refractivity contribution in [3.8, 4) is 0 Å². The number of nitrogens with two attached hydrogens (primary N) is 1. The zero-order chi connectivity index (χ0) is 12.5. The van der Waals surface area contributed by atoms with E-state index in [1.807, 2.05) is 0 Å². The Morgan fingerprint density at radius 2 is 2.24 bits per heavy atom. The van der Waals surface area contributed by atoms with E-state index in [0.717, 1.165) is 19.3 Å². The summed E-state index contributed by atoms with van der Waals surface area (Å²) in [6, 6.07) is 3.07. The van der Waals surface area contributed by atoms with Crippen LogP contribution in [0.15, 0.2) is 21.6 Å². The summed E-state index contributed by atoms with van der Waals surface area (Å²) < 4.78 is 31.8. The third kappa shape index (κ3) is 2.88. The van der Waals surface area contributed by atoms with Gasteiger partial charge in [0.05, 0.1) is 6.54 Å². The van der Waals surface area contributed by atoms with E-state index in [0.29, 0.717) is 11.7 Å². The van der Waals surface area contributed by atoms with Crippen LogP contribution in [0.2, 0.25) is 0 Å². The highest BCUT2D eigenvalue weighted by Gasteiger charge is 2.28. The first-order chi connectivity index (χ1) is 8.01. The van der Waals surface area contributed by atoms with E-state index >= 15 is 0 Å². The van der Waals surface area contributed by atoms with Crippen LogP contribution in [0.3, 0.4) is 0 Å². The summed E-state index contributed by atoms with van der Waals surface area (Å²) in [5, 5.41) is -0.0440. The quantitative estimate of drug-likeness (QED) is 0.850. The topological polar surface area (TPSA) is 85.3 Å².